The highest BCUT2D eigenvalue weighted by atomic mass is 16.5. The number of fused-ring (bicyclic) bond motifs is 1. The third-order valence-corrected chi connectivity index (χ3v) is 4.08. The molecule has 1 atom stereocenters. The number of hydrogen-bond acceptors (Lipinski definition) is 6. The van der Waals surface area contributed by atoms with Crippen molar-refractivity contribution in [3.05, 3.63) is 46.5 Å². The van der Waals surface area contributed by atoms with Crippen LogP contribution >= 0.6 is 0 Å². The van der Waals surface area contributed by atoms with Crippen LogP contribution in [-0.2, 0) is 0 Å². The maximum Gasteiger partial charge on any atom is 0.244 e. The van der Waals surface area contributed by atoms with E-state index in [0.717, 1.165) is 16.8 Å². The Morgan fingerprint density at radius 1 is 1.46 bits per heavy atom. The van der Waals surface area contributed by atoms with Crippen LogP contribution in [0.15, 0.2) is 29.7 Å². The number of benzene rings is 1. The molecule has 4 N–H and O–H groups in total. The molecule has 0 unspecified atom stereocenters. The topological polar surface area (TPSA) is 117 Å². The van der Waals surface area contributed by atoms with Gasteiger partial charge in [-0.15, -0.1) is 5.10 Å². The van der Waals surface area contributed by atoms with Gasteiger partial charge in [0.25, 0.3) is 0 Å². The zero-order chi connectivity index (χ0) is 17.4. The van der Waals surface area contributed by atoms with Crippen molar-refractivity contribution in [3.8, 4) is 23.4 Å². The summed E-state index contributed by atoms with van der Waals surface area (Å²) in [4.78, 5) is 0. The first-order valence-corrected chi connectivity index (χ1v) is 7.50. The maximum absolute atomic E-state index is 9.84. The van der Waals surface area contributed by atoms with Crippen molar-refractivity contribution >= 4 is 0 Å². The van der Waals surface area contributed by atoms with Gasteiger partial charge in [0.2, 0.25) is 11.8 Å². The van der Waals surface area contributed by atoms with Crippen LogP contribution < -0.4 is 15.2 Å². The lowest BCUT2D eigenvalue weighted by molar-refractivity contribution is 0.370. The molecule has 2 heterocycles. The van der Waals surface area contributed by atoms with Crippen LogP contribution in [0, 0.1) is 11.3 Å². The predicted octanol–water partition coefficient (Wildman–Crippen LogP) is 2.47. The molecule has 124 valence electrons. The molecule has 1 aliphatic heterocycles. The van der Waals surface area contributed by atoms with Crippen molar-refractivity contribution in [2.45, 2.75) is 25.7 Å². The van der Waals surface area contributed by atoms with E-state index in [1.165, 1.54) is 13.2 Å². The first-order valence-electron chi connectivity index (χ1n) is 7.50. The molecule has 7 nitrogen and oxygen atoms in total. The number of H-pyrrole nitrogens is 1. The number of hydrogen-bond donors (Lipinski definition) is 3. The summed E-state index contributed by atoms with van der Waals surface area (Å²) in [6.07, 6.45) is 0. The second-order valence-corrected chi connectivity index (χ2v) is 5.87. The Kier molecular flexibility index (Phi) is 3.81. The molecule has 0 amide bonds. The molecule has 0 bridgehead atoms. The minimum atomic E-state index is -0.440. The Balaban J connectivity index is 2.25. The Bertz CT molecular complexity index is 861. The fourth-order valence-electron chi connectivity index (χ4n) is 2.92. The number of methoxy groups -OCH3 is 1. The highest BCUT2D eigenvalue weighted by molar-refractivity contribution is 5.57. The van der Waals surface area contributed by atoms with Gasteiger partial charge in [0.1, 0.15) is 11.6 Å². The molecule has 3 rings (SSSR count). The molecule has 0 spiro atoms. The number of nitrogens with zero attached hydrogens (tertiary/aromatic N) is 2. The number of phenolic OH excluding ortho intramolecular Hbond substituents is 1. The lowest BCUT2D eigenvalue weighted by Gasteiger charge is -2.25. The number of nitrogens with one attached hydrogen (secondary N) is 1. The fourth-order valence-corrected chi connectivity index (χ4v) is 2.92. The van der Waals surface area contributed by atoms with E-state index in [1.54, 1.807) is 12.1 Å². The van der Waals surface area contributed by atoms with Crippen LogP contribution in [0.4, 0.5) is 0 Å². The molecule has 0 fully saturated rings. The van der Waals surface area contributed by atoms with Gasteiger partial charge in [0, 0.05) is 5.69 Å². The molecule has 1 aromatic heterocycles. The lowest BCUT2D eigenvalue weighted by atomic mass is 9.82. The van der Waals surface area contributed by atoms with Gasteiger partial charge in [0.15, 0.2) is 11.5 Å². The van der Waals surface area contributed by atoms with E-state index in [4.69, 9.17) is 15.2 Å². The van der Waals surface area contributed by atoms with Gasteiger partial charge in [-0.1, -0.05) is 19.9 Å². The smallest absolute Gasteiger partial charge is 0.244 e. The minimum Gasteiger partial charge on any atom is -0.504 e. The number of nitrogens with two attached hydrogens (primary N) is 1. The Hall–Kier alpha value is -3.14. The molecule has 0 aliphatic carbocycles. The first kappa shape index (κ1) is 15.7. The van der Waals surface area contributed by atoms with Gasteiger partial charge in [-0.05, 0) is 23.6 Å². The summed E-state index contributed by atoms with van der Waals surface area (Å²) in [6, 6.07) is 7.09. The third kappa shape index (κ3) is 2.33. The van der Waals surface area contributed by atoms with Crippen LogP contribution in [-0.4, -0.2) is 22.4 Å². The predicted molar refractivity (Wildman–Crippen MR) is 86.6 cm³/mol. The highest BCUT2D eigenvalue weighted by Crippen LogP contribution is 2.45. The standard InChI is InChI=1S/C17H18N4O3/c1-8(2)15-14-13(9-4-5-11(22)12(6-9)23-3)10(7-18)16(19)24-17(14)21-20-15/h4-6,8,13,22H,19H2,1-3H3,(H,20,21)/t13-/m1/s1. The Morgan fingerprint density at radius 3 is 2.83 bits per heavy atom. The molecule has 7 heteroatoms. The van der Waals surface area contributed by atoms with Gasteiger partial charge < -0.3 is 20.3 Å². The fraction of sp³-hybridized carbons (Fsp3) is 0.294. The van der Waals surface area contributed by atoms with Crippen LogP contribution in [0.3, 0.4) is 0 Å². The number of phenols is 1. The second kappa shape index (κ2) is 5.81. The number of aromatic hydroxyl groups is 1. The van der Waals surface area contributed by atoms with E-state index >= 15 is 0 Å². The van der Waals surface area contributed by atoms with Crippen molar-refractivity contribution in [2.24, 2.45) is 5.73 Å². The van der Waals surface area contributed by atoms with E-state index in [2.05, 4.69) is 16.3 Å². The summed E-state index contributed by atoms with van der Waals surface area (Å²) < 4.78 is 10.7. The van der Waals surface area contributed by atoms with E-state index in [-0.39, 0.29) is 17.6 Å². The first-order chi connectivity index (χ1) is 11.5. The van der Waals surface area contributed by atoms with Crippen LogP contribution in [0.5, 0.6) is 17.4 Å². The maximum atomic E-state index is 9.84. The summed E-state index contributed by atoms with van der Waals surface area (Å²) in [5.41, 5.74) is 8.64. The minimum absolute atomic E-state index is 0.0280. The van der Waals surface area contributed by atoms with E-state index in [1.807, 2.05) is 13.8 Å². The number of aromatic nitrogens is 2. The van der Waals surface area contributed by atoms with Gasteiger partial charge in [-0.3, -0.25) is 5.10 Å². The molecule has 0 saturated heterocycles. The largest absolute Gasteiger partial charge is 0.504 e. The van der Waals surface area contributed by atoms with E-state index in [9.17, 15) is 10.4 Å². The monoisotopic (exact) mass is 326 g/mol. The van der Waals surface area contributed by atoms with Gasteiger partial charge in [-0.2, -0.15) is 5.26 Å². The molecule has 0 saturated carbocycles. The molecular weight excluding hydrogens is 308 g/mol. The SMILES string of the molecule is COc1cc([C@@H]2C(C#N)=C(N)Oc3n[nH]c(C(C)C)c32)ccc1O. The number of ether oxygens (including phenoxy) is 2. The quantitative estimate of drug-likeness (QED) is 0.797. The van der Waals surface area contributed by atoms with Crippen molar-refractivity contribution in [1.82, 2.24) is 10.2 Å². The number of rotatable bonds is 3. The van der Waals surface area contributed by atoms with Crippen LogP contribution in [0.25, 0.3) is 0 Å². The van der Waals surface area contributed by atoms with Gasteiger partial charge >= 0.3 is 0 Å². The molecule has 0 radical (unpaired) electrons. The summed E-state index contributed by atoms with van der Waals surface area (Å²) in [7, 11) is 1.47. The summed E-state index contributed by atoms with van der Waals surface area (Å²) in [5, 5.41) is 26.6. The van der Waals surface area contributed by atoms with E-state index in [0.29, 0.717) is 17.2 Å². The molecule has 24 heavy (non-hydrogen) atoms. The normalized spacial score (nSPS) is 16.5. The van der Waals surface area contributed by atoms with Gasteiger partial charge in [-0.25, -0.2) is 0 Å². The average Bonchev–Trinajstić information content (AvgIpc) is 2.97. The van der Waals surface area contributed by atoms with E-state index < -0.39 is 5.92 Å². The van der Waals surface area contributed by atoms with Gasteiger partial charge in [0.05, 0.1) is 18.6 Å². The zero-order valence-corrected chi connectivity index (χ0v) is 13.6. The molecule has 2 aromatic rings. The Labute approximate surface area is 139 Å². The van der Waals surface area contributed by atoms with Crippen LogP contribution in [0.1, 0.15) is 42.5 Å². The summed E-state index contributed by atoms with van der Waals surface area (Å²) in [6.45, 7) is 4.05. The number of aromatic amines is 1. The molecular formula is C17H18N4O3. The second-order valence-electron chi connectivity index (χ2n) is 5.87. The van der Waals surface area contributed by atoms with Crippen molar-refractivity contribution < 1.29 is 14.6 Å². The Morgan fingerprint density at radius 2 is 2.21 bits per heavy atom. The van der Waals surface area contributed by atoms with Crippen LogP contribution in [0.2, 0.25) is 0 Å². The summed E-state index contributed by atoms with van der Waals surface area (Å²) >= 11 is 0. The highest BCUT2D eigenvalue weighted by Gasteiger charge is 2.36. The average molecular weight is 326 g/mol. The number of nitriles is 1. The molecule has 1 aliphatic rings. The van der Waals surface area contributed by atoms with Crippen molar-refractivity contribution in [1.29, 1.82) is 5.26 Å². The molecule has 1 aromatic carbocycles. The zero-order valence-electron chi connectivity index (χ0n) is 13.6. The summed E-state index contributed by atoms with van der Waals surface area (Å²) in [5.74, 6) is 0.470. The number of allylic oxidation sites excluding steroid dienone is 1. The van der Waals surface area contributed by atoms with Crippen molar-refractivity contribution in [3.63, 3.8) is 0 Å². The van der Waals surface area contributed by atoms with Crippen molar-refractivity contribution in [2.75, 3.05) is 7.11 Å². The third-order valence-electron chi connectivity index (χ3n) is 4.08. The lowest BCUT2D eigenvalue weighted by Crippen LogP contribution is -2.21.